The van der Waals surface area contributed by atoms with Gasteiger partial charge < -0.3 is 14.4 Å². The average molecular weight is 618 g/mol. The van der Waals surface area contributed by atoms with Crippen molar-refractivity contribution in [2.45, 2.75) is 26.2 Å². The molecule has 0 N–H and O–H groups in total. The minimum Gasteiger partial charge on any atom is -0.458 e. The Labute approximate surface area is 281 Å². The largest absolute Gasteiger partial charge is 0.458 e. The summed E-state index contributed by atoms with van der Waals surface area (Å²) in [7, 11) is 0. The molecule has 0 saturated heterocycles. The number of para-hydroxylation sites is 2. The molecule has 1 aliphatic carbocycles. The minimum atomic E-state index is -0.252. The summed E-state index contributed by atoms with van der Waals surface area (Å²) in [6.07, 6.45) is 0. The van der Waals surface area contributed by atoms with Gasteiger partial charge >= 0.3 is 0 Å². The Morgan fingerprint density at radius 3 is 1.88 bits per heavy atom. The molecule has 3 aliphatic rings. The zero-order chi connectivity index (χ0) is 32.1. The molecule has 0 aromatic heterocycles. The Hall–Kier alpha value is -5.74. The normalized spacial score (nSPS) is 14.2. The molecule has 0 atom stereocenters. The summed E-state index contributed by atoms with van der Waals surface area (Å²) in [6.45, 7) is 6.94. The number of anilines is 3. The van der Waals surface area contributed by atoms with Crippen molar-refractivity contribution in [3.63, 3.8) is 0 Å². The zero-order valence-electron chi connectivity index (χ0n) is 27.1. The van der Waals surface area contributed by atoms with Gasteiger partial charge in [0.2, 0.25) is 0 Å². The first-order valence-electron chi connectivity index (χ1n) is 16.7. The molecule has 0 amide bonds. The van der Waals surface area contributed by atoms with E-state index in [1.54, 1.807) is 0 Å². The highest BCUT2D eigenvalue weighted by atomic mass is 16.5. The molecule has 0 saturated carbocycles. The van der Waals surface area contributed by atoms with Crippen LogP contribution in [0.5, 0.6) is 23.0 Å². The third-order valence-electron chi connectivity index (χ3n) is 10.6. The van der Waals surface area contributed by atoms with Crippen LogP contribution in [0.25, 0.3) is 21.9 Å². The molecule has 48 heavy (non-hydrogen) atoms. The molecule has 228 valence electrons. The summed E-state index contributed by atoms with van der Waals surface area (Å²) in [4.78, 5) is 2.40. The van der Waals surface area contributed by atoms with Crippen LogP contribution in [0.4, 0.5) is 17.1 Å². The minimum absolute atomic E-state index is 0.0346. The van der Waals surface area contributed by atoms with Crippen LogP contribution in [0.2, 0.25) is 0 Å². The molecule has 4 heteroatoms. The van der Waals surface area contributed by atoms with Gasteiger partial charge in [-0.1, -0.05) is 104 Å². The first kappa shape index (κ1) is 27.4. The van der Waals surface area contributed by atoms with Crippen LogP contribution < -0.4 is 30.8 Å². The number of benzene rings is 7. The Kier molecular flexibility index (Phi) is 5.64. The van der Waals surface area contributed by atoms with Crippen LogP contribution in [0.1, 0.15) is 30.5 Å². The van der Waals surface area contributed by atoms with Crippen LogP contribution in [0.15, 0.2) is 140 Å². The van der Waals surface area contributed by atoms with E-state index in [1.807, 2.05) is 6.07 Å². The number of rotatable bonds is 3. The van der Waals surface area contributed by atoms with E-state index in [0.717, 1.165) is 39.8 Å². The molecular weight excluding hydrogens is 585 g/mol. The van der Waals surface area contributed by atoms with Gasteiger partial charge in [0, 0.05) is 27.6 Å². The number of fused-ring (bicyclic) bond motifs is 9. The number of aryl methyl sites for hydroxylation is 1. The van der Waals surface area contributed by atoms with Gasteiger partial charge in [-0.25, -0.2) is 0 Å². The first-order valence-corrected chi connectivity index (χ1v) is 16.7. The van der Waals surface area contributed by atoms with Gasteiger partial charge in [-0.05, 0) is 100 Å². The van der Waals surface area contributed by atoms with Gasteiger partial charge in [-0.2, -0.15) is 0 Å². The highest BCUT2D eigenvalue weighted by Crippen LogP contribution is 2.55. The molecule has 7 aromatic carbocycles. The maximum atomic E-state index is 6.78. The fourth-order valence-corrected chi connectivity index (χ4v) is 8.37. The van der Waals surface area contributed by atoms with Crippen LogP contribution >= 0.6 is 0 Å². The molecule has 0 bridgehead atoms. The van der Waals surface area contributed by atoms with Crippen molar-refractivity contribution in [2.24, 2.45) is 0 Å². The van der Waals surface area contributed by atoms with E-state index in [4.69, 9.17) is 9.47 Å². The van der Waals surface area contributed by atoms with Crippen molar-refractivity contribution in [2.75, 3.05) is 4.90 Å². The van der Waals surface area contributed by atoms with Crippen molar-refractivity contribution in [1.29, 1.82) is 0 Å². The second kappa shape index (κ2) is 9.89. The predicted molar refractivity (Wildman–Crippen MR) is 199 cm³/mol. The van der Waals surface area contributed by atoms with Gasteiger partial charge in [-0.15, -0.1) is 0 Å². The summed E-state index contributed by atoms with van der Waals surface area (Å²) in [5.41, 5.74) is 13.1. The molecule has 10 rings (SSSR count). The van der Waals surface area contributed by atoms with Crippen molar-refractivity contribution >= 4 is 50.9 Å². The Morgan fingerprint density at radius 1 is 0.542 bits per heavy atom. The molecule has 0 fully saturated rings. The lowest BCUT2D eigenvalue weighted by Crippen LogP contribution is -2.57. The molecule has 3 nitrogen and oxygen atoms in total. The first-order chi connectivity index (χ1) is 23.5. The summed E-state index contributed by atoms with van der Waals surface area (Å²) < 4.78 is 13.2. The number of hydrogen-bond acceptors (Lipinski definition) is 3. The number of hydrogen-bond donors (Lipinski definition) is 0. The maximum Gasteiger partial charge on any atom is 0.260 e. The van der Waals surface area contributed by atoms with Crippen molar-refractivity contribution in [3.05, 3.63) is 156 Å². The molecule has 0 unspecified atom stereocenters. The lowest BCUT2D eigenvalue weighted by molar-refractivity contribution is 0.464. The van der Waals surface area contributed by atoms with E-state index in [-0.39, 0.29) is 12.1 Å². The third-order valence-corrected chi connectivity index (χ3v) is 10.6. The SMILES string of the molecule is Cc1ccc2c(c1)B1c3cc4c(cc3Oc3cccc(c31)O2)-c1c(cc(N(c2ccccc2)c2ccccc2)c2ccccc12)C4(C)C. The number of ether oxygens (including phenoxy) is 2. The fourth-order valence-electron chi connectivity index (χ4n) is 8.37. The molecule has 2 heterocycles. The zero-order valence-corrected chi connectivity index (χ0v) is 27.1. The topological polar surface area (TPSA) is 21.7 Å². The third kappa shape index (κ3) is 3.77. The Balaban J connectivity index is 1.23. The van der Waals surface area contributed by atoms with E-state index >= 15 is 0 Å². The van der Waals surface area contributed by atoms with E-state index in [1.165, 1.54) is 55.2 Å². The van der Waals surface area contributed by atoms with E-state index in [9.17, 15) is 0 Å². The van der Waals surface area contributed by atoms with Gasteiger partial charge in [-0.3, -0.25) is 0 Å². The average Bonchev–Trinajstić information content (AvgIpc) is 3.33. The molecular formula is C44H32BNO2. The molecule has 2 aliphatic heterocycles. The van der Waals surface area contributed by atoms with E-state index < -0.39 is 0 Å². The smallest absolute Gasteiger partial charge is 0.260 e. The van der Waals surface area contributed by atoms with Gasteiger partial charge in [0.15, 0.2) is 0 Å². The van der Waals surface area contributed by atoms with Crippen LogP contribution in [0.3, 0.4) is 0 Å². The maximum absolute atomic E-state index is 6.78. The fraction of sp³-hybridized carbons (Fsp3) is 0.0909. The Morgan fingerprint density at radius 2 is 1.17 bits per heavy atom. The monoisotopic (exact) mass is 617 g/mol. The quantitative estimate of drug-likeness (QED) is 0.184. The summed E-state index contributed by atoms with van der Waals surface area (Å²) in [5.74, 6) is 3.59. The molecule has 0 radical (unpaired) electrons. The highest BCUT2D eigenvalue weighted by molar-refractivity contribution is 6.98. The van der Waals surface area contributed by atoms with Crippen LogP contribution in [-0.4, -0.2) is 6.71 Å². The summed E-state index contributed by atoms with van der Waals surface area (Å²) in [6, 6.07) is 50.2. The van der Waals surface area contributed by atoms with Crippen molar-refractivity contribution in [1.82, 2.24) is 0 Å². The highest BCUT2D eigenvalue weighted by Gasteiger charge is 2.44. The molecule has 0 spiro atoms. The number of nitrogens with zero attached hydrogens (tertiary/aromatic N) is 1. The summed E-state index contributed by atoms with van der Waals surface area (Å²) >= 11 is 0. The van der Waals surface area contributed by atoms with E-state index in [0.29, 0.717) is 0 Å². The lowest BCUT2D eigenvalue weighted by Gasteiger charge is -2.34. The van der Waals surface area contributed by atoms with Gasteiger partial charge in [0.1, 0.15) is 23.0 Å². The standard InChI is InChI=1S/C44H32BNO2/c1-27-21-22-38-35(23-27)45-36-25-33-32(24-41(36)48-40-20-12-19-39(47-38)43(40)45)42-31-18-11-10-17-30(31)37(26-34(42)44(33,2)3)46(28-13-6-4-7-14-28)29-15-8-5-9-16-29/h4-26H,1-3H3. The second-order valence-electron chi connectivity index (χ2n) is 13.8. The van der Waals surface area contributed by atoms with Crippen LogP contribution in [-0.2, 0) is 5.41 Å². The van der Waals surface area contributed by atoms with Crippen molar-refractivity contribution in [3.8, 4) is 34.1 Å². The predicted octanol–water partition coefficient (Wildman–Crippen LogP) is 9.65. The molecule has 7 aromatic rings. The summed E-state index contributed by atoms with van der Waals surface area (Å²) in [5, 5.41) is 2.47. The van der Waals surface area contributed by atoms with E-state index in [2.05, 4.69) is 159 Å². The Bertz CT molecular complexity index is 2410. The van der Waals surface area contributed by atoms with Crippen LogP contribution in [0, 0.1) is 6.92 Å². The van der Waals surface area contributed by atoms with Gasteiger partial charge in [0.25, 0.3) is 6.71 Å². The van der Waals surface area contributed by atoms with Crippen molar-refractivity contribution < 1.29 is 9.47 Å². The van der Waals surface area contributed by atoms with Gasteiger partial charge in [0.05, 0.1) is 5.69 Å². The lowest BCUT2D eigenvalue weighted by atomic mass is 9.34. The second-order valence-corrected chi connectivity index (χ2v) is 13.8.